The number of hydrogen-bond acceptors (Lipinski definition) is 2. The van der Waals surface area contributed by atoms with Crippen molar-refractivity contribution in [3.05, 3.63) is 46.5 Å². The molecule has 2 aromatic rings. The fourth-order valence-electron chi connectivity index (χ4n) is 4.03. The first-order chi connectivity index (χ1) is 11.6. The van der Waals surface area contributed by atoms with Gasteiger partial charge in [0, 0.05) is 0 Å². The lowest BCUT2D eigenvalue weighted by Crippen LogP contribution is -2.53. The molecular formula is C22H31BO2. The van der Waals surface area contributed by atoms with Gasteiger partial charge in [-0.1, -0.05) is 59.3 Å². The number of rotatable bonds is 4. The minimum atomic E-state index is 0.0915. The van der Waals surface area contributed by atoms with E-state index < -0.39 is 0 Å². The van der Waals surface area contributed by atoms with E-state index in [1.54, 1.807) is 14.2 Å². The highest BCUT2D eigenvalue weighted by molar-refractivity contribution is 6.88. The molecule has 2 rings (SSSR count). The van der Waals surface area contributed by atoms with Gasteiger partial charge in [0.15, 0.2) is 0 Å². The molecule has 3 heteroatoms. The summed E-state index contributed by atoms with van der Waals surface area (Å²) in [5, 5.41) is 0.0915. The van der Waals surface area contributed by atoms with Crippen LogP contribution in [0.5, 0.6) is 11.5 Å². The first-order valence-electron chi connectivity index (χ1n) is 8.90. The molecule has 0 spiro atoms. The molecule has 0 bridgehead atoms. The second-order valence-corrected chi connectivity index (χ2v) is 8.15. The predicted molar refractivity (Wildman–Crippen MR) is 110 cm³/mol. The smallest absolute Gasteiger partial charge is 0.216 e. The second-order valence-electron chi connectivity index (χ2n) is 8.15. The van der Waals surface area contributed by atoms with Crippen molar-refractivity contribution in [1.82, 2.24) is 0 Å². The van der Waals surface area contributed by atoms with Gasteiger partial charge in [0.25, 0.3) is 0 Å². The van der Waals surface area contributed by atoms with E-state index in [1.165, 1.54) is 33.2 Å². The average molecular weight is 338 g/mol. The fourth-order valence-corrected chi connectivity index (χ4v) is 4.03. The van der Waals surface area contributed by atoms with E-state index in [-0.39, 0.29) is 5.31 Å². The number of methoxy groups -OCH3 is 2. The van der Waals surface area contributed by atoms with Gasteiger partial charge in [-0.2, -0.15) is 0 Å². The molecule has 134 valence electrons. The van der Waals surface area contributed by atoms with Crippen LogP contribution in [0.15, 0.2) is 24.3 Å². The number of hydrogen-bond donors (Lipinski definition) is 0. The lowest BCUT2D eigenvalue weighted by atomic mass is 9.26. The Morgan fingerprint density at radius 1 is 0.640 bits per heavy atom. The third-order valence-corrected chi connectivity index (χ3v) is 5.05. The van der Waals surface area contributed by atoms with Crippen LogP contribution in [-0.2, 0) is 0 Å². The standard InChI is InChI=1S/C22H31BO2/c1-14-10-18(24-8)11-15(2)20(14)23(22(5,6)7)21-16(3)12-19(25-9)13-17(21)4/h10-13H,1-9H3. The predicted octanol–water partition coefficient (Wildman–Crippen LogP) is 4.35. The maximum Gasteiger partial charge on any atom is 0.216 e. The van der Waals surface area contributed by atoms with Crippen molar-refractivity contribution in [3.63, 3.8) is 0 Å². The maximum absolute atomic E-state index is 5.46. The van der Waals surface area contributed by atoms with Crippen LogP contribution in [0.3, 0.4) is 0 Å². The van der Waals surface area contributed by atoms with Crippen LogP contribution in [-0.4, -0.2) is 20.9 Å². The molecule has 0 heterocycles. The molecule has 0 saturated carbocycles. The first-order valence-corrected chi connectivity index (χ1v) is 8.90. The van der Waals surface area contributed by atoms with E-state index in [0.717, 1.165) is 11.5 Å². The Kier molecular flexibility index (Phi) is 5.56. The topological polar surface area (TPSA) is 18.5 Å². The van der Waals surface area contributed by atoms with Crippen molar-refractivity contribution in [2.24, 2.45) is 0 Å². The third kappa shape index (κ3) is 3.86. The van der Waals surface area contributed by atoms with Crippen molar-refractivity contribution in [2.45, 2.75) is 53.8 Å². The van der Waals surface area contributed by atoms with Crippen LogP contribution < -0.4 is 20.4 Å². The molecule has 0 fully saturated rings. The first kappa shape index (κ1) is 19.4. The van der Waals surface area contributed by atoms with Crippen molar-refractivity contribution in [3.8, 4) is 11.5 Å². The number of ether oxygens (including phenoxy) is 2. The minimum Gasteiger partial charge on any atom is -0.497 e. The summed E-state index contributed by atoms with van der Waals surface area (Å²) in [6.07, 6.45) is 0. The zero-order valence-electron chi connectivity index (χ0n) is 17.2. The average Bonchev–Trinajstić information content (AvgIpc) is 2.50. The van der Waals surface area contributed by atoms with E-state index in [4.69, 9.17) is 9.47 Å². The number of benzene rings is 2. The zero-order valence-corrected chi connectivity index (χ0v) is 17.2. The third-order valence-electron chi connectivity index (χ3n) is 5.05. The van der Waals surface area contributed by atoms with Gasteiger partial charge in [0.05, 0.1) is 14.2 Å². The maximum atomic E-state index is 5.46. The molecule has 0 saturated heterocycles. The SMILES string of the molecule is COc1cc(C)c(B(c2c(C)cc(OC)cc2C)C(C)(C)C)c(C)c1. The molecule has 0 amide bonds. The lowest BCUT2D eigenvalue weighted by Gasteiger charge is -2.33. The van der Waals surface area contributed by atoms with Gasteiger partial charge in [-0.05, 0) is 52.0 Å². The fraction of sp³-hybridized carbons (Fsp3) is 0.455. The Labute approximate surface area is 153 Å². The van der Waals surface area contributed by atoms with Crippen LogP contribution in [0.4, 0.5) is 0 Å². The Morgan fingerprint density at radius 3 is 1.12 bits per heavy atom. The molecule has 2 nitrogen and oxygen atoms in total. The highest BCUT2D eigenvalue weighted by Crippen LogP contribution is 2.31. The Hall–Kier alpha value is -1.90. The highest BCUT2D eigenvalue weighted by Gasteiger charge is 2.36. The van der Waals surface area contributed by atoms with Gasteiger partial charge in [0.1, 0.15) is 11.5 Å². The summed E-state index contributed by atoms with van der Waals surface area (Å²) in [6, 6.07) is 8.59. The summed E-state index contributed by atoms with van der Waals surface area (Å²) < 4.78 is 10.9. The van der Waals surface area contributed by atoms with Gasteiger partial charge in [-0.15, -0.1) is 0 Å². The molecule has 0 unspecified atom stereocenters. The summed E-state index contributed by atoms with van der Waals surface area (Å²) in [6.45, 7) is 16.0. The number of aryl methyl sites for hydroxylation is 4. The Morgan fingerprint density at radius 2 is 0.920 bits per heavy atom. The van der Waals surface area contributed by atoms with Crippen LogP contribution in [0.2, 0.25) is 5.31 Å². The van der Waals surface area contributed by atoms with E-state index in [2.05, 4.69) is 72.7 Å². The molecule has 0 aliphatic heterocycles. The summed E-state index contributed by atoms with van der Waals surface area (Å²) in [5.74, 6) is 1.85. The molecule has 0 N–H and O–H groups in total. The van der Waals surface area contributed by atoms with E-state index in [1.807, 2.05) is 0 Å². The summed E-state index contributed by atoms with van der Waals surface area (Å²) >= 11 is 0. The largest absolute Gasteiger partial charge is 0.497 e. The quantitative estimate of drug-likeness (QED) is 0.772. The van der Waals surface area contributed by atoms with Crippen molar-refractivity contribution in [2.75, 3.05) is 14.2 Å². The van der Waals surface area contributed by atoms with E-state index in [0.29, 0.717) is 6.71 Å². The lowest BCUT2D eigenvalue weighted by molar-refractivity contribution is 0.414. The van der Waals surface area contributed by atoms with Gasteiger partial charge in [-0.25, -0.2) is 0 Å². The van der Waals surface area contributed by atoms with Crippen LogP contribution in [0.25, 0.3) is 0 Å². The van der Waals surface area contributed by atoms with Gasteiger partial charge < -0.3 is 9.47 Å². The molecule has 0 aliphatic rings. The highest BCUT2D eigenvalue weighted by atomic mass is 16.5. The van der Waals surface area contributed by atoms with E-state index in [9.17, 15) is 0 Å². The van der Waals surface area contributed by atoms with Crippen molar-refractivity contribution < 1.29 is 9.47 Å². The normalized spacial score (nSPS) is 11.4. The van der Waals surface area contributed by atoms with Crippen LogP contribution in [0, 0.1) is 27.7 Å². The van der Waals surface area contributed by atoms with Crippen LogP contribution >= 0.6 is 0 Å². The summed E-state index contributed by atoms with van der Waals surface area (Å²) in [5.41, 5.74) is 7.95. The summed E-state index contributed by atoms with van der Waals surface area (Å²) in [4.78, 5) is 0. The van der Waals surface area contributed by atoms with Crippen LogP contribution in [0.1, 0.15) is 43.0 Å². The second kappa shape index (κ2) is 7.15. The molecule has 25 heavy (non-hydrogen) atoms. The molecule has 0 aliphatic carbocycles. The monoisotopic (exact) mass is 338 g/mol. The van der Waals surface area contributed by atoms with Gasteiger partial charge in [-0.3, -0.25) is 0 Å². The van der Waals surface area contributed by atoms with E-state index >= 15 is 0 Å². The van der Waals surface area contributed by atoms with Crippen molar-refractivity contribution >= 4 is 17.6 Å². The van der Waals surface area contributed by atoms with Crippen molar-refractivity contribution in [1.29, 1.82) is 0 Å². The zero-order chi connectivity index (χ0) is 18.9. The summed E-state index contributed by atoms with van der Waals surface area (Å²) in [7, 11) is 3.46. The molecular weight excluding hydrogens is 307 g/mol. The molecule has 0 radical (unpaired) electrons. The molecule has 2 aromatic carbocycles. The Balaban J connectivity index is 2.77. The Bertz CT molecular complexity index is 667. The minimum absolute atomic E-state index is 0.0915. The van der Waals surface area contributed by atoms with Gasteiger partial charge in [0.2, 0.25) is 6.71 Å². The molecule has 0 aromatic heterocycles. The molecule has 0 atom stereocenters. The van der Waals surface area contributed by atoms with Gasteiger partial charge >= 0.3 is 0 Å².